The molecule has 0 spiro atoms. The molecule has 0 amide bonds. The van der Waals surface area contributed by atoms with E-state index < -0.39 is 5.60 Å². The minimum absolute atomic E-state index is 0.283. The van der Waals surface area contributed by atoms with Crippen LogP contribution in [0.2, 0.25) is 0 Å². The standard InChI is InChI=1S/C11H13ClO2/c1-11(2,8-12)14-10(13)9-6-4-3-5-7-9/h3-7H,8H2,1-2H3. The summed E-state index contributed by atoms with van der Waals surface area (Å²) in [5.74, 6) is -0.0535. The lowest BCUT2D eigenvalue weighted by atomic mass is 10.1. The normalized spacial score (nSPS) is 11.1. The quantitative estimate of drug-likeness (QED) is 0.569. The summed E-state index contributed by atoms with van der Waals surface area (Å²) in [4.78, 5) is 11.5. The van der Waals surface area contributed by atoms with Crippen molar-refractivity contribution in [3.05, 3.63) is 35.9 Å². The van der Waals surface area contributed by atoms with Crippen LogP contribution in [-0.2, 0) is 4.74 Å². The van der Waals surface area contributed by atoms with Crippen LogP contribution >= 0.6 is 11.6 Å². The molecule has 0 aliphatic heterocycles. The fraction of sp³-hybridized carbons (Fsp3) is 0.364. The first-order valence-electron chi connectivity index (χ1n) is 4.39. The Morgan fingerprint density at radius 1 is 1.36 bits per heavy atom. The van der Waals surface area contributed by atoms with E-state index in [0.29, 0.717) is 5.56 Å². The maximum atomic E-state index is 11.5. The molecule has 0 aliphatic rings. The zero-order valence-corrected chi connectivity index (χ0v) is 9.04. The fourth-order valence-electron chi connectivity index (χ4n) is 0.911. The molecule has 1 rings (SSSR count). The Hall–Kier alpha value is -1.02. The lowest BCUT2D eigenvalue weighted by molar-refractivity contribution is 0.00828. The number of benzene rings is 1. The molecule has 0 saturated heterocycles. The van der Waals surface area contributed by atoms with Gasteiger partial charge in [-0.2, -0.15) is 0 Å². The average molecular weight is 213 g/mol. The first-order chi connectivity index (χ1) is 6.55. The molecule has 1 aromatic carbocycles. The average Bonchev–Trinajstić information content (AvgIpc) is 2.19. The molecule has 0 unspecified atom stereocenters. The monoisotopic (exact) mass is 212 g/mol. The molecule has 0 heterocycles. The predicted molar refractivity (Wildman–Crippen MR) is 56.7 cm³/mol. The Kier molecular flexibility index (Phi) is 3.53. The number of halogens is 1. The predicted octanol–water partition coefficient (Wildman–Crippen LogP) is 2.86. The molecule has 2 nitrogen and oxygen atoms in total. The van der Waals surface area contributed by atoms with Crippen LogP contribution in [0.3, 0.4) is 0 Å². The van der Waals surface area contributed by atoms with Crippen molar-refractivity contribution in [1.29, 1.82) is 0 Å². The van der Waals surface area contributed by atoms with Crippen molar-refractivity contribution in [3.8, 4) is 0 Å². The number of rotatable bonds is 3. The van der Waals surface area contributed by atoms with Gasteiger partial charge in [-0.15, -0.1) is 11.6 Å². The summed E-state index contributed by atoms with van der Waals surface area (Å²) in [6.07, 6.45) is 0. The third kappa shape index (κ3) is 3.04. The fourth-order valence-corrected chi connectivity index (χ4v) is 0.966. The zero-order chi connectivity index (χ0) is 10.6. The summed E-state index contributed by atoms with van der Waals surface area (Å²) in [6, 6.07) is 8.87. The molecule has 0 fully saturated rings. The van der Waals surface area contributed by atoms with Crippen LogP contribution in [0.1, 0.15) is 24.2 Å². The minimum atomic E-state index is -0.617. The van der Waals surface area contributed by atoms with Gasteiger partial charge in [0.2, 0.25) is 0 Å². The summed E-state index contributed by atoms with van der Waals surface area (Å²) < 4.78 is 5.20. The van der Waals surface area contributed by atoms with Gasteiger partial charge in [-0.3, -0.25) is 0 Å². The molecule has 0 saturated carbocycles. The highest BCUT2D eigenvalue weighted by atomic mass is 35.5. The number of hydrogen-bond acceptors (Lipinski definition) is 2. The first-order valence-corrected chi connectivity index (χ1v) is 4.93. The summed E-state index contributed by atoms with van der Waals surface area (Å²) in [7, 11) is 0. The molecule has 0 aromatic heterocycles. The van der Waals surface area contributed by atoms with E-state index in [2.05, 4.69) is 0 Å². The number of ether oxygens (including phenoxy) is 1. The SMILES string of the molecule is CC(C)(CCl)OC(=O)c1ccccc1. The van der Waals surface area contributed by atoms with E-state index in [1.807, 2.05) is 6.07 Å². The Labute approximate surface area is 88.8 Å². The van der Waals surface area contributed by atoms with E-state index in [1.54, 1.807) is 38.1 Å². The van der Waals surface area contributed by atoms with Crippen molar-refractivity contribution in [2.24, 2.45) is 0 Å². The number of esters is 1. The maximum Gasteiger partial charge on any atom is 0.338 e. The van der Waals surface area contributed by atoms with E-state index in [1.165, 1.54) is 0 Å². The van der Waals surface area contributed by atoms with Gasteiger partial charge >= 0.3 is 5.97 Å². The van der Waals surface area contributed by atoms with Gasteiger partial charge in [-0.1, -0.05) is 18.2 Å². The van der Waals surface area contributed by atoms with Gasteiger partial charge in [0.25, 0.3) is 0 Å². The Morgan fingerprint density at radius 2 is 1.93 bits per heavy atom. The second-order valence-electron chi connectivity index (χ2n) is 3.65. The number of carbonyl (C=O) groups is 1. The van der Waals surface area contributed by atoms with E-state index >= 15 is 0 Å². The molecule has 0 atom stereocenters. The van der Waals surface area contributed by atoms with Crippen LogP contribution in [0.5, 0.6) is 0 Å². The molecular weight excluding hydrogens is 200 g/mol. The number of alkyl halides is 1. The van der Waals surface area contributed by atoms with Crippen LogP contribution in [0.4, 0.5) is 0 Å². The van der Waals surface area contributed by atoms with Crippen LogP contribution in [0.15, 0.2) is 30.3 Å². The van der Waals surface area contributed by atoms with Gasteiger partial charge in [-0.05, 0) is 26.0 Å². The molecule has 0 N–H and O–H groups in total. The van der Waals surface area contributed by atoms with E-state index in [9.17, 15) is 4.79 Å². The highest BCUT2D eigenvalue weighted by Gasteiger charge is 2.22. The van der Waals surface area contributed by atoms with Gasteiger partial charge < -0.3 is 4.74 Å². The summed E-state index contributed by atoms with van der Waals surface area (Å²) in [6.45, 7) is 3.56. The number of carbonyl (C=O) groups excluding carboxylic acids is 1. The van der Waals surface area contributed by atoms with Crippen molar-refractivity contribution in [2.75, 3.05) is 5.88 Å². The van der Waals surface area contributed by atoms with E-state index in [4.69, 9.17) is 16.3 Å². The van der Waals surface area contributed by atoms with Gasteiger partial charge in [0.15, 0.2) is 0 Å². The Balaban J connectivity index is 2.69. The second-order valence-corrected chi connectivity index (χ2v) is 3.92. The van der Waals surface area contributed by atoms with Gasteiger partial charge in [0.05, 0.1) is 11.4 Å². The highest BCUT2D eigenvalue weighted by molar-refractivity contribution is 6.18. The maximum absolute atomic E-state index is 11.5. The van der Waals surface area contributed by atoms with E-state index in [-0.39, 0.29) is 11.8 Å². The largest absolute Gasteiger partial charge is 0.455 e. The molecule has 0 radical (unpaired) electrons. The molecule has 14 heavy (non-hydrogen) atoms. The summed E-state index contributed by atoms with van der Waals surface area (Å²) in [5, 5.41) is 0. The van der Waals surface area contributed by atoms with Crippen molar-refractivity contribution in [2.45, 2.75) is 19.4 Å². The first kappa shape index (κ1) is 11.1. The highest BCUT2D eigenvalue weighted by Crippen LogP contribution is 2.14. The van der Waals surface area contributed by atoms with Gasteiger partial charge in [0.1, 0.15) is 5.60 Å². The minimum Gasteiger partial charge on any atom is -0.455 e. The summed E-state index contributed by atoms with van der Waals surface area (Å²) >= 11 is 5.65. The van der Waals surface area contributed by atoms with Crippen molar-refractivity contribution >= 4 is 17.6 Å². The van der Waals surface area contributed by atoms with Crippen LogP contribution in [-0.4, -0.2) is 17.5 Å². The van der Waals surface area contributed by atoms with Crippen molar-refractivity contribution in [1.82, 2.24) is 0 Å². The van der Waals surface area contributed by atoms with Crippen LogP contribution in [0, 0.1) is 0 Å². The Bertz CT molecular complexity index is 306. The number of hydrogen-bond donors (Lipinski definition) is 0. The van der Waals surface area contributed by atoms with Gasteiger partial charge in [-0.25, -0.2) is 4.79 Å². The third-order valence-electron chi connectivity index (χ3n) is 1.70. The van der Waals surface area contributed by atoms with Crippen LogP contribution in [0.25, 0.3) is 0 Å². The molecular formula is C11H13ClO2. The third-order valence-corrected chi connectivity index (χ3v) is 2.34. The van der Waals surface area contributed by atoms with E-state index in [0.717, 1.165) is 0 Å². The molecule has 3 heteroatoms. The molecule has 76 valence electrons. The molecule has 0 bridgehead atoms. The molecule has 0 aliphatic carbocycles. The topological polar surface area (TPSA) is 26.3 Å². The Morgan fingerprint density at radius 3 is 2.43 bits per heavy atom. The van der Waals surface area contributed by atoms with Gasteiger partial charge in [0, 0.05) is 0 Å². The smallest absolute Gasteiger partial charge is 0.338 e. The zero-order valence-electron chi connectivity index (χ0n) is 8.29. The second kappa shape index (κ2) is 4.47. The molecule has 1 aromatic rings. The van der Waals surface area contributed by atoms with Crippen LogP contribution < -0.4 is 0 Å². The lowest BCUT2D eigenvalue weighted by Gasteiger charge is -2.21. The van der Waals surface area contributed by atoms with Crippen molar-refractivity contribution < 1.29 is 9.53 Å². The lowest BCUT2D eigenvalue weighted by Crippen LogP contribution is -2.29. The van der Waals surface area contributed by atoms with Crippen molar-refractivity contribution in [3.63, 3.8) is 0 Å². The summed E-state index contributed by atoms with van der Waals surface area (Å²) in [5.41, 5.74) is -0.0697.